The van der Waals surface area contributed by atoms with Crippen molar-refractivity contribution in [2.75, 3.05) is 0 Å². The summed E-state index contributed by atoms with van der Waals surface area (Å²) in [5.41, 5.74) is 3.06. The molecule has 3 rings (SSSR count). The predicted molar refractivity (Wildman–Crippen MR) is 121 cm³/mol. The van der Waals surface area contributed by atoms with Crippen LogP contribution in [0, 0.1) is 33.3 Å². The Kier molecular flexibility index (Phi) is 6.60. The van der Waals surface area contributed by atoms with E-state index in [1.54, 1.807) is 0 Å². The van der Waals surface area contributed by atoms with Crippen LogP contribution in [0.4, 0.5) is 5.69 Å². The van der Waals surface area contributed by atoms with Gasteiger partial charge in [0.05, 0.1) is 4.92 Å². The number of nitro benzene ring substituents is 1. The van der Waals surface area contributed by atoms with Crippen LogP contribution in [0.15, 0.2) is 29.2 Å². The van der Waals surface area contributed by atoms with Crippen molar-refractivity contribution < 1.29 is 22.9 Å². The Morgan fingerprint density at radius 3 is 2.42 bits per heavy atom. The van der Waals surface area contributed by atoms with Gasteiger partial charge in [-0.2, -0.15) is 4.72 Å². The van der Waals surface area contributed by atoms with E-state index >= 15 is 0 Å². The Morgan fingerprint density at radius 1 is 1.18 bits per heavy atom. The van der Waals surface area contributed by atoms with Gasteiger partial charge in [-0.05, 0) is 63.4 Å². The number of amides is 2. The van der Waals surface area contributed by atoms with Gasteiger partial charge in [0, 0.05) is 17.5 Å². The molecule has 2 fully saturated rings. The topological polar surface area (TPSA) is 162 Å². The van der Waals surface area contributed by atoms with Gasteiger partial charge in [-0.25, -0.2) is 8.42 Å². The fraction of sp³-hybridized carbons (Fsp3) is 0.636. The molecule has 1 aromatic carbocycles. The van der Waals surface area contributed by atoms with Crippen molar-refractivity contribution >= 4 is 27.5 Å². The van der Waals surface area contributed by atoms with Crippen molar-refractivity contribution in [2.45, 2.75) is 69.9 Å². The molecule has 2 bridgehead atoms. The maximum absolute atomic E-state index is 13.2. The molecule has 2 saturated carbocycles. The number of nitrogens with one attached hydrogen (secondary N) is 2. The number of carbonyl (C=O) groups excluding carboxylic acids is 2. The number of sulfonamides is 1. The lowest BCUT2D eigenvalue weighted by atomic mass is 9.54. The Morgan fingerprint density at radius 2 is 1.82 bits per heavy atom. The molecule has 11 heteroatoms. The summed E-state index contributed by atoms with van der Waals surface area (Å²) in [7, 11) is -4.35. The summed E-state index contributed by atoms with van der Waals surface area (Å²) in [5.74, 6) is -0.514. The van der Waals surface area contributed by atoms with Crippen molar-refractivity contribution in [3.05, 3.63) is 34.4 Å². The number of nitrogens with two attached hydrogens (primary N) is 1. The smallest absolute Gasteiger partial charge is 0.289 e. The number of para-hydroxylation sites is 1. The van der Waals surface area contributed by atoms with Gasteiger partial charge in [-0.15, -0.1) is 0 Å². The van der Waals surface area contributed by atoms with Gasteiger partial charge < -0.3 is 11.1 Å². The average Bonchev–Trinajstić information content (AvgIpc) is 2.69. The fourth-order valence-electron chi connectivity index (χ4n) is 5.75. The van der Waals surface area contributed by atoms with E-state index in [0.29, 0.717) is 12.8 Å². The van der Waals surface area contributed by atoms with E-state index in [-0.39, 0.29) is 29.7 Å². The number of nitrogens with zero attached hydrogens (tertiary/aromatic N) is 1. The summed E-state index contributed by atoms with van der Waals surface area (Å²) in [5, 5.41) is 14.3. The Labute approximate surface area is 193 Å². The van der Waals surface area contributed by atoms with Crippen LogP contribution in [0.25, 0.3) is 0 Å². The Balaban J connectivity index is 1.80. The lowest BCUT2D eigenvalue weighted by Gasteiger charge is -2.52. The fourth-order valence-corrected chi connectivity index (χ4v) is 7.30. The second kappa shape index (κ2) is 8.68. The molecule has 0 radical (unpaired) electrons. The van der Waals surface area contributed by atoms with Crippen molar-refractivity contribution in [3.63, 3.8) is 0 Å². The molecule has 4 unspecified atom stereocenters. The molecule has 4 N–H and O–H groups in total. The first kappa shape index (κ1) is 25.1. The lowest BCUT2D eigenvalue weighted by Crippen LogP contribution is -2.62. The van der Waals surface area contributed by atoms with E-state index in [1.807, 2.05) is 6.92 Å². The number of nitro groups is 1. The molecular weight excluding hydrogens is 448 g/mol. The van der Waals surface area contributed by atoms with Crippen molar-refractivity contribution in [1.29, 1.82) is 0 Å². The minimum absolute atomic E-state index is 0.0182. The highest BCUT2D eigenvalue weighted by Gasteiger charge is 2.52. The van der Waals surface area contributed by atoms with Gasteiger partial charge in [-0.1, -0.05) is 26.0 Å². The van der Waals surface area contributed by atoms with E-state index in [2.05, 4.69) is 17.0 Å². The number of rotatable bonds is 7. The third-order valence-corrected chi connectivity index (χ3v) is 8.76. The van der Waals surface area contributed by atoms with Gasteiger partial charge in [0.2, 0.25) is 21.8 Å². The Bertz CT molecular complexity index is 1070. The minimum Gasteiger partial charge on any atom is -0.369 e. The zero-order valence-electron chi connectivity index (χ0n) is 19.3. The maximum Gasteiger partial charge on any atom is 0.289 e. The highest BCUT2D eigenvalue weighted by atomic mass is 32.2. The molecule has 0 aromatic heterocycles. The molecule has 2 aliphatic carbocycles. The molecule has 2 aliphatic rings. The van der Waals surface area contributed by atoms with Crippen LogP contribution in [0.2, 0.25) is 0 Å². The van der Waals surface area contributed by atoms with Crippen LogP contribution in [0.3, 0.4) is 0 Å². The zero-order chi connectivity index (χ0) is 24.8. The largest absolute Gasteiger partial charge is 0.369 e. The molecule has 10 nitrogen and oxygen atoms in total. The van der Waals surface area contributed by atoms with E-state index in [4.69, 9.17) is 5.73 Å². The second-order valence-electron chi connectivity index (χ2n) is 10.3. The quantitative estimate of drug-likeness (QED) is 0.400. The minimum atomic E-state index is -4.35. The third-order valence-electron chi connectivity index (χ3n) is 7.06. The van der Waals surface area contributed by atoms with E-state index < -0.39 is 42.4 Å². The molecule has 0 aliphatic heterocycles. The third kappa shape index (κ3) is 4.89. The number of carbonyl (C=O) groups is 2. The molecule has 0 heterocycles. The molecule has 0 spiro atoms. The predicted octanol–water partition coefficient (Wildman–Crippen LogP) is 2.08. The standard InChI is InChI=1S/C22H32N4O6S/c1-13-9-15-12-22(10-13,19(23)27)11-14(2)18(15)24-20(28)21(3,4)25-33(31,32)17-8-6-5-7-16(17)26(29)30/h5-8,13-15,18,25H,9-12H2,1-4H3,(H2,23,27)(H,24,28)/t13-,14?,15?,18?,22?/m0/s1. The van der Waals surface area contributed by atoms with Gasteiger partial charge >= 0.3 is 0 Å². The van der Waals surface area contributed by atoms with Gasteiger partial charge in [0.15, 0.2) is 4.90 Å². The number of benzene rings is 1. The summed E-state index contributed by atoms with van der Waals surface area (Å²) >= 11 is 0. The van der Waals surface area contributed by atoms with Crippen LogP contribution in [-0.2, 0) is 19.6 Å². The summed E-state index contributed by atoms with van der Waals surface area (Å²) in [6.07, 6.45) is 2.75. The summed E-state index contributed by atoms with van der Waals surface area (Å²) in [6.45, 7) is 6.87. The maximum atomic E-state index is 13.2. The number of fused-ring (bicyclic) bond motifs is 2. The molecule has 5 atom stereocenters. The van der Waals surface area contributed by atoms with E-state index in [0.717, 1.165) is 25.0 Å². The number of hydrogen-bond acceptors (Lipinski definition) is 6. The first-order valence-electron chi connectivity index (χ1n) is 11.1. The van der Waals surface area contributed by atoms with Gasteiger partial charge in [0.1, 0.15) is 5.54 Å². The molecule has 1 aromatic rings. The zero-order valence-corrected chi connectivity index (χ0v) is 20.1. The average molecular weight is 481 g/mol. The Hall–Kier alpha value is -2.53. The summed E-state index contributed by atoms with van der Waals surface area (Å²) < 4.78 is 28.2. The van der Waals surface area contributed by atoms with Gasteiger partial charge in [-0.3, -0.25) is 19.7 Å². The van der Waals surface area contributed by atoms with Crippen LogP contribution in [0.5, 0.6) is 0 Å². The normalized spacial score (nSPS) is 29.8. The molecule has 0 saturated heterocycles. The highest BCUT2D eigenvalue weighted by molar-refractivity contribution is 7.89. The summed E-state index contributed by atoms with van der Waals surface area (Å²) in [6, 6.07) is 4.75. The van der Waals surface area contributed by atoms with Crippen LogP contribution in [-0.4, -0.2) is 36.7 Å². The van der Waals surface area contributed by atoms with Crippen molar-refractivity contribution in [1.82, 2.24) is 10.0 Å². The molecular formula is C22H32N4O6S. The van der Waals surface area contributed by atoms with E-state index in [1.165, 1.54) is 26.0 Å². The molecule has 2 amide bonds. The monoisotopic (exact) mass is 480 g/mol. The number of hydrogen-bond donors (Lipinski definition) is 3. The highest BCUT2D eigenvalue weighted by Crippen LogP contribution is 2.52. The lowest BCUT2D eigenvalue weighted by molar-refractivity contribution is -0.387. The van der Waals surface area contributed by atoms with Crippen LogP contribution < -0.4 is 15.8 Å². The molecule has 33 heavy (non-hydrogen) atoms. The molecule has 182 valence electrons. The number of primary amides is 1. The second-order valence-corrected chi connectivity index (χ2v) is 11.9. The van der Waals surface area contributed by atoms with Crippen molar-refractivity contribution in [2.24, 2.45) is 28.9 Å². The first-order chi connectivity index (χ1) is 15.2. The first-order valence-corrected chi connectivity index (χ1v) is 12.5. The summed E-state index contributed by atoms with van der Waals surface area (Å²) in [4.78, 5) is 35.4. The SMILES string of the molecule is CC1CC2(C(N)=O)CC(C[C@H](C)C2)C1NC(=O)C(C)(C)NS(=O)(=O)c1ccccc1[N+](=O)[O-]. The van der Waals surface area contributed by atoms with Crippen molar-refractivity contribution in [3.8, 4) is 0 Å². The van der Waals surface area contributed by atoms with E-state index in [9.17, 15) is 28.1 Å². The van der Waals surface area contributed by atoms with Crippen LogP contribution >= 0.6 is 0 Å². The van der Waals surface area contributed by atoms with Crippen LogP contribution in [0.1, 0.15) is 53.4 Å². The van der Waals surface area contributed by atoms with Gasteiger partial charge in [0.25, 0.3) is 5.69 Å².